The topological polar surface area (TPSA) is 29.9 Å². The third kappa shape index (κ3) is 3.37. The van der Waals surface area contributed by atoms with Crippen molar-refractivity contribution in [3.05, 3.63) is 52.3 Å². The highest BCUT2D eigenvalue weighted by molar-refractivity contribution is 6.30. The minimum Gasteiger partial charge on any atom is -0.316 e. The lowest BCUT2D eigenvalue weighted by Crippen LogP contribution is -2.12. The second-order valence-corrected chi connectivity index (χ2v) is 5.46. The lowest BCUT2D eigenvalue weighted by atomic mass is 10.1. The Morgan fingerprint density at radius 2 is 2.16 bits per heavy atom. The summed E-state index contributed by atoms with van der Waals surface area (Å²) in [6.45, 7) is 6.01. The summed E-state index contributed by atoms with van der Waals surface area (Å²) < 4.78 is 2.07. The molecule has 4 heteroatoms. The van der Waals surface area contributed by atoms with Gasteiger partial charge in [0.15, 0.2) is 0 Å². The fourth-order valence-corrected chi connectivity index (χ4v) is 2.58. The van der Waals surface area contributed by atoms with Gasteiger partial charge in [0.2, 0.25) is 0 Å². The number of rotatable bonds is 5. The molecule has 0 atom stereocenters. The third-order valence-corrected chi connectivity index (χ3v) is 3.33. The first-order valence-corrected chi connectivity index (χ1v) is 6.93. The normalized spacial score (nSPS) is 11.2. The SMILES string of the molecule is CNCc1cnn(Cc2cccc(Cl)c2)c1C(C)C. The molecule has 0 saturated carbocycles. The van der Waals surface area contributed by atoms with E-state index in [2.05, 4.69) is 35.0 Å². The van der Waals surface area contributed by atoms with Crippen molar-refractivity contribution in [2.75, 3.05) is 7.05 Å². The van der Waals surface area contributed by atoms with E-state index in [0.29, 0.717) is 5.92 Å². The average Bonchev–Trinajstić information content (AvgIpc) is 2.72. The van der Waals surface area contributed by atoms with Crippen molar-refractivity contribution in [2.45, 2.75) is 32.9 Å². The van der Waals surface area contributed by atoms with E-state index in [-0.39, 0.29) is 0 Å². The maximum absolute atomic E-state index is 6.03. The Labute approximate surface area is 119 Å². The van der Waals surface area contributed by atoms with Crippen LogP contribution in [0, 0.1) is 0 Å². The molecule has 0 radical (unpaired) electrons. The van der Waals surface area contributed by atoms with Crippen LogP contribution in [0.5, 0.6) is 0 Å². The van der Waals surface area contributed by atoms with Crippen LogP contribution in [0.2, 0.25) is 5.02 Å². The molecule has 1 aromatic heterocycles. The number of nitrogens with zero attached hydrogens (tertiary/aromatic N) is 2. The first-order chi connectivity index (χ1) is 9.11. The van der Waals surface area contributed by atoms with Gasteiger partial charge in [0, 0.05) is 22.8 Å². The minimum absolute atomic E-state index is 0.449. The molecule has 0 saturated heterocycles. The average molecular weight is 278 g/mol. The quantitative estimate of drug-likeness (QED) is 0.907. The van der Waals surface area contributed by atoms with Gasteiger partial charge in [-0.05, 0) is 30.7 Å². The predicted molar refractivity (Wildman–Crippen MR) is 79.6 cm³/mol. The van der Waals surface area contributed by atoms with Gasteiger partial charge in [-0.25, -0.2) is 0 Å². The zero-order chi connectivity index (χ0) is 13.8. The van der Waals surface area contributed by atoms with Gasteiger partial charge < -0.3 is 5.32 Å². The second-order valence-electron chi connectivity index (χ2n) is 5.03. The summed E-state index contributed by atoms with van der Waals surface area (Å²) in [5, 5.41) is 8.48. The number of hydrogen-bond donors (Lipinski definition) is 1. The van der Waals surface area contributed by atoms with Crippen LogP contribution in [0.3, 0.4) is 0 Å². The minimum atomic E-state index is 0.449. The van der Waals surface area contributed by atoms with Crippen LogP contribution >= 0.6 is 11.6 Å². The zero-order valence-electron chi connectivity index (χ0n) is 11.7. The highest BCUT2D eigenvalue weighted by Gasteiger charge is 2.13. The number of benzene rings is 1. The summed E-state index contributed by atoms with van der Waals surface area (Å²) in [4.78, 5) is 0. The summed E-state index contributed by atoms with van der Waals surface area (Å²) in [5.41, 5.74) is 3.72. The number of aromatic nitrogens is 2. The van der Waals surface area contributed by atoms with E-state index in [0.717, 1.165) is 18.1 Å². The van der Waals surface area contributed by atoms with Gasteiger partial charge >= 0.3 is 0 Å². The van der Waals surface area contributed by atoms with Crippen LogP contribution in [-0.4, -0.2) is 16.8 Å². The van der Waals surface area contributed by atoms with Gasteiger partial charge in [-0.2, -0.15) is 5.10 Å². The summed E-state index contributed by atoms with van der Waals surface area (Å²) in [6, 6.07) is 7.94. The van der Waals surface area contributed by atoms with Crippen molar-refractivity contribution in [2.24, 2.45) is 0 Å². The Morgan fingerprint density at radius 3 is 2.79 bits per heavy atom. The smallest absolute Gasteiger partial charge is 0.0663 e. The summed E-state index contributed by atoms with van der Waals surface area (Å²) in [5.74, 6) is 0.449. The second kappa shape index (κ2) is 6.22. The van der Waals surface area contributed by atoms with Gasteiger partial charge in [0.05, 0.1) is 12.7 Å². The number of halogens is 1. The van der Waals surface area contributed by atoms with E-state index in [9.17, 15) is 0 Å². The molecule has 102 valence electrons. The zero-order valence-corrected chi connectivity index (χ0v) is 12.4. The van der Waals surface area contributed by atoms with Crippen molar-refractivity contribution in [3.63, 3.8) is 0 Å². The van der Waals surface area contributed by atoms with Crippen LogP contribution in [0.15, 0.2) is 30.5 Å². The van der Waals surface area contributed by atoms with Crippen molar-refractivity contribution < 1.29 is 0 Å². The molecule has 0 bridgehead atoms. The third-order valence-electron chi connectivity index (χ3n) is 3.10. The Bertz CT molecular complexity index is 546. The Morgan fingerprint density at radius 1 is 1.37 bits per heavy atom. The van der Waals surface area contributed by atoms with Crippen molar-refractivity contribution in [1.29, 1.82) is 0 Å². The Balaban J connectivity index is 2.29. The number of hydrogen-bond acceptors (Lipinski definition) is 2. The molecule has 19 heavy (non-hydrogen) atoms. The molecule has 0 fully saturated rings. The molecule has 0 aliphatic carbocycles. The van der Waals surface area contributed by atoms with Gasteiger partial charge in [-0.15, -0.1) is 0 Å². The standard InChI is InChI=1S/C15H20ClN3/c1-11(2)15-13(8-17-3)9-18-19(15)10-12-5-4-6-14(16)7-12/h4-7,9,11,17H,8,10H2,1-3H3. The fourth-order valence-electron chi connectivity index (χ4n) is 2.36. The van der Waals surface area contributed by atoms with Crippen molar-refractivity contribution in [3.8, 4) is 0 Å². The lowest BCUT2D eigenvalue weighted by molar-refractivity contribution is 0.611. The van der Waals surface area contributed by atoms with Gasteiger partial charge in [-0.3, -0.25) is 4.68 Å². The van der Waals surface area contributed by atoms with Gasteiger partial charge in [-0.1, -0.05) is 37.6 Å². The van der Waals surface area contributed by atoms with E-state index in [4.69, 9.17) is 11.6 Å². The Kier molecular flexibility index (Phi) is 4.61. The molecule has 0 amide bonds. The van der Waals surface area contributed by atoms with E-state index < -0.39 is 0 Å². The van der Waals surface area contributed by atoms with Gasteiger partial charge in [0.1, 0.15) is 0 Å². The molecule has 0 unspecified atom stereocenters. The Hall–Kier alpha value is -1.32. The summed E-state index contributed by atoms with van der Waals surface area (Å²) in [6.07, 6.45) is 1.95. The molecule has 1 aromatic carbocycles. The maximum atomic E-state index is 6.03. The molecule has 1 N–H and O–H groups in total. The first-order valence-electron chi connectivity index (χ1n) is 6.55. The van der Waals surface area contributed by atoms with E-state index in [1.54, 1.807) is 0 Å². The predicted octanol–water partition coefficient (Wildman–Crippen LogP) is 3.43. The van der Waals surface area contributed by atoms with E-state index in [1.165, 1.54) is 16.8 Å². The molecule has 1 heterocycles. The van der Waals surface area contributed by atoms with Crippen LogP contribution in [-0.2, 0) is 13.1 Å². The summed E-state index contributed by atoms with van der Waals surface area (Å²) >= 11 is 6.03. The monoisotopic (exact) mass is 277 g/mol. The molecule has 3 nitrogen and oxygen atoms in total. The molecular weight excluding hydrogens is 258 g/mol. The molecule has 0 spiro atoms. The molecule has 2 aromatic rings. The molecule has 2 rings (SSSR count). The van der Waals surface area contributed by atoms with Crippen LogP contribution in [0.25, 0.3) is 0 Å². The molecule has 0 aliphatic rings. The highest BCUT2D eigenvalue weighted by Crippen LogP contribution is 2.21. The van der Waals surface area contributed by atoms with Crippen LogP contribution in [0.4, 0.5) is 0 Å². The summed E-state index contributed by atoms with van der Waals surface area (Å²) in [7, 11) is 1.96. The van der Waals surface area contributed by atoms with E-state index in [1.807, 2.05) is 31.4 Å². The first kappa shape index (κ1) is 14.1. The van der Waals surface area contributed by atoms with Crippen LogP contribution in [0.1, 0.15) is 36.6 Å². The lowest BCUT2D eigenvalue weighted by Gasteiger charge is -2.13. The van der Waals surface area contributed by atoms with Crippen LogP contribution < -0.4 is 5.32 Å². The fraction of sp³-hybridized carbons (Fsp3) is 0.400. The van der Waals surface area contributed by atoms with E-state index >= 15 is 0 Å². The highest BCUT2D eigenvalue weighted by atomic mass is 35.5. The largest absolute Gasteiger partial charge is 0.316 e. The molecular formula is C15H20ClN3. The number of nitrogens with one attached hydrogen (secondary N) is 1. The van der Waals surface area contributed by atoms with Crippen molar-refractivity contribution in [1.82, 2.24) is 15.1 Å². The molecule has 0 aliphatic heterocycles. The van der Waals surface area contributed by atoms with Crippen molar-refractivity contribution >= 4 is 11.6 Å². The van der Waals surface area contributed by atoms with Gasteiger partial charge in [0.25, 0.3) is 0 Å². The maximum Gasteiger partial charge on any atom is 0.0663 e.